The van der Waals surface area contributed by atoms with Gasteiger partial charge in [-0.3, -0.25) is 0 Å². The fourth-order valence-corrected chi connectivity index (χ4v) is 10.6. The summed E-state index contributed by atoms with van der Waals surface area (Å²) < 4.78 is 31.4. The fraction of sp³-hybridized carbons (Fsp3) is 0.0741. The molecule has 0 fully saturated rings. The molecular weight excluding hydrogens is 865 g/mol. The van der Waals surface area contributed by atoms with E-state index in [2.05, 4.69) is 143 Å². The van der Waals surface area contributed by atoms with Crippen molar-refractivity contribution in [3.05, 3.63) is 182 Å². The van der Waals surface area contributed by atoms with Crippen molar-refractivity contribution in [1.82, 2.24) is 8.75 Å². The number of rotatable bonds is 14. The Morgan fingerprint density at radius 2 is 0.569 bits per heavy atom. The third-order valence-corrected chi connectivity index (χ3v) is 14.2. The zero-order valence-corrected chi connectivity index (χ0v) is 38.4. The normalized spacial score (nSPS) is 11.1. The number of fused-ring (bicyclic) bond motifs is 1. The highest BCUT2D eigenvalue weighted by molar-refractivity contribution is 7.19. The number of nitrogens with zero attached hydrogens (tertiary/aromatic N) is 4. The molecule has 0 radical (unpaired) electrons. The molecule has 65 heavy (non-hydrogen) atoms. The van der Waals surface area contributed by atoms with Crippen LogP contribution in [-0.2, 0) is 0 Å². The van der Waals surface area contributed by atoms with Crippen molar-refractivity contribution in [3.63, 3.8) is 0 Å². The van der Waals surface area contributed by atoms with E-state index < -0.39 is 0 Å². The molecule has 0 spiro atoms. The molecule has 10 rings (SSSR count). The highest BCUT2D eigenvalue weighted by Gasteiger charge is 2.19. The van der Waals surface area contributed by atoms with Crippen LogP contribution in [0.25, 0.3) is 52.8 Å². The van der Waals surface area contributed by atoms with Crippen LogP contribution in [0.2, 0.25) is 0 Å². The molecule has 320 valence electrons. The fourth-order valence-electron chi connectivity index (χ4n) is 7.91. The maximum Gasteiger partial charge on any atom is 0.119 e. The van der Waals surface area contributed by atoms with Gasteiger partial charge in [0.1, 0.15) is 34.0 Å². The van der Waals surface area contributed by atoms with E-state index in [1.54, 1.807) is 51.1 Å². The third-order valence-electron chi connectivity index (χ3n) is 11.3. The quantitative estimate of drug-likeness (QED) is 0.107. The van der Waals surface area contributed by atoms with Crippen molar-refractivity contribution in [2.24, 2.45) is 0 Å². The van der Waals surface area contributed by atoms with Gasteiger partial charge in [-0.25, -0.2) is 0 Å². The van der Waals surface area contributed by atoms with Crippen molar-refractivity contribution in [2.45, 2.75) is 0 Å². The minimum Gasteiger partial charge on any atom is -0.497 e. The molecule has 0 aliphatic carbocycles. The molecule has 0 saturated carbocycles. The lowest BCUT2D eigenvalue weighted by molar-refractivity contribution is 0.414. The van der Waals surface area contributed by atoms with E-state index in [1.165, 1.54) is 21.5 Å². The van der Waals surface area contributed by atoms with Gasteiger partial charge >= 0.3 is 0 Å². The van der Waals surface area contributed by atoms with Gasteiger partial charge in [-0.15, -0.1) is 22.7 Å². The number of hydrogen-bond acceptors (Lipinski definition) is 11. The van der Waals surface area contributed by atoms with Gasteiger partial charge < -0.3 is 28.7 Å². The van der Waals surface area contributed by atoms with Gasteiger partial charge in [0.25, 0.3) is 0 Å². The summed E-state index contributed by atoms with van der Waals surface area (Å²) >= 11 is 4.78. The Kier molecular flexibility index (Phi) is 11.7. The van der Waals surface area contributed by atoms with E-state index in [0.29, 0.717) is 0 Å². The number of ether oxygens (including phenoxy) is 4. The average molecular weight is 907 g/mol. The van der Waals surface area contributed by atoms with E-state index in [0.717, 1.165) is 100 Å². The Morgan fingerprint density at radius 1 is 0.308 bits per heavy atom. The zero-order valence-electron chi connectivity index (χ0n) is 36.0. The number of hydrogen-bond donors (Lipinski definition) is 0. The van der Waals surface area contributed by atoms with Crippen molar-refractivity contribution < 1.29 is 18.9 Å². The summed E-state index contributed by atoms with van der Waals surface area (Å²) in [5, 5.41) is 0. The molecule has 0 N–H and O–H groups in total. The highest BCUT2D eigenvalue weighted by atomic mass is 32.1. The largest absolute Gasteiger partial charge is 0.497 e. The molecule has 0 aliphatic heterocycles. The monoisotopic (exact) mass is 906 g/mol. The molecule has 0 unspecified atom stereocenters. The van der Waals surface area contributed by atoms with Crippen LogP contribution in [0.4, 0.5) is 34.1 Å². The second-order valence-corrected chi connectivity index (χ2v) is 17.7. The minimum atomic E-state index is 0.812. The van der Waals surface area contributed by atoms with Gasteiger partial charge in [0.2, 0.25) is 0 Å². The molecule has 0 aliphatic rings. The number of methoxy groups -OCH3 is 4. The third kappa shape index (κ3) is 8.40. The van der Waals surface area contributed by atoms with E-state index in [9.17, 15) is 0 Å². The van der Waals surface area contributed by atoms with Crippen LogP contribution in [0.3, 0.4) is 0 Å². The van der Waals surface area contributed by atoms with Gasteiger partial charge in [0.05, 0.1) is 40.2 Å². The van der Waals surface area contributed by atoms with Gasteiger partial charge in [0.15, 0.2) is 0 Å². The summed E-state index contributed by atoms with van der Waals surface area (Å²) in [5.41, 5.74) is 12.5. The van der Waals surface area contributed by atoms with E-state index >= 15 is 0 Å². The Hall–Kier alpha value is -7.44. The van der Waals surface area contributed by atoms with E-state index in [-0.39, 0.29) is 0 Å². The van der Waals surface area contributed by atoms with E-state index in [4.69, 9.17) is 27.7 Å². The second kappa shape index (κ2) is 18.3. The number of anilines is 6. The van der Waals surface area contributed by atoms with Crippen LogP contribution >= 0.6 is 34.4 Å². The smallest absolute Gasteiger partial charge is 0.119 e. The van der Waals surface area contributed by atoms with Crippen LogP contribution in [0.1, 0.15) is 0 Å². The van der Waals surface area contributed by atoms with Crippen LogP contribution in [-0.4, -0.2) is 37.2 Å². The first-order valence-corrected chi connectivity index (χ1v) is 23.2. The van der Waals surface area contributed by atoms with Gasteiger partial charge in [0, 0.05) is 64.8 Å². The van der Waals surface area contributed by atoms with Crippen LogP contribution in [0.15, 0.2) is 182 Å². The minimum absolute atomic E-state index is 0.812. The molecular formula is C54H42N4O4S3. The summed E-state index contributed by atoms with van der Waals surface area (Å²) in [6.07, 6.45) is 0. The Labute approximate surface area is 390 Å². The highest BCUT2D eigenvalue weighted by Crippen LogP contribution is 2.44. The maximum atomic E-state index is 5.44. The number of aromatic nitrogens is 2. The molecule has 8 nitrogen and oxygen atoms in total. The number of benzene rings is 7. The zero-order chi connectivity index (χ0) is 44.3. The Balaban J connectivity index is 0.894. The first kappa shape index (κ1) is 41.6. The van der Waals surface area contributed by atoms with Gasteiger partial charge in [-0.05, 0) is 157 Å². The summed E-state index contributed by atoms with van der Waals surface area (Å²) in [7, 11) is 6.73. The SMILES string of the molecule is COc1ccc(N(c2ccc(OC)cc2)c2ccc(-c3ccc(-c4ccc(-c5ccc(-c6ccc(N(c7ccc(OC)cc7)c7ccc(OC)cc7)cc6)s5)c5nsnc45)s3)cc2)cc1. The predicted octanol–water partition coefficient (Wildman–Crippen LogP) is 15.5. The summed E-state index contributed by atoms with van der Waals surface area (Å²) in [4.78, 5) is 9.11. The lowest BCUT2D eigenvalue weighted by Gasteiger charge is -2.26. The van der Waals surface area contributed by atoms with Crippen LogP contribution in [0, 0.1) is 0 Å². The first-order chi connectivity index (χ1) is 32.0. The van der Waals surface area contributed by atoms with Crippen molar-refractivity contribution in [3.8, 4) is 64.8 Å². The van der Waals surface area contributed by atoms with E-state index in [1.807, 2.05) is 48.5 Å². The summed E-state index contributed by atoms with van der Waals surface area (Å²) in [5.74, 6) is 3.25. The Bertz CT molecular complexity index is 2870. The van der Waals surface area contributed by atoms with Crippen molar-refractivity contribution in [1.29, 1.82) is 0 Å². The predicted molar refractivity (Wildman–Crippen MR) is 270 cm³/mol. The van der Waals surface area contributed by atoms with Crippen LogP contribution in [0.5, 0.6) is 23.0 Å². The Morgan fingerprint density at radius 3 is 0.846 bits per heavy atom. The summed E-state index contributed by atoms with van der Waals surface area (Å²) in [6, 6.07) is 63.0. The topological polar surface area (TPSA) is 69.2 Å². The molecule has 7 aromatic carbocycles. The molecule has 0 amide bonds. The average Bonchev–Trinajstić information content (AvgIpc) is 4.19. The summed E-state index contributed by atoms with van der Waals surface area (Å²) in [6.45, 7) is 0. The standard InChI is InChI=1S/C54H42N4O4S3/c1-59-43-21-13-39(14-22-43)57(40-15-23-44(60-2)24-16-40)37-9-5-35(6-10-37)49-31-33-51(63-49)47-29-30-48(54-53(47)55-65-56-54)52-34-32-50(64-52)36-7-11-38(12-8-36)58(41-17-25-45(61-3)26-18-41)42-19-27-46(62-4)28-20-42/h5-34H,1-4H3. The lowest BCUT2D eigenvalue weighted by atomic mass is 10.1. The first-order valence-electron chi connectivity index (χ1n) is 20.8. The molecule has 3 heterocycles. The lowest BCUT2D eigenvalue weighted by Crippen LogP contribution is -2.09. The molecule has 3 aromatic heterocycles. The van der Waals surface area contributed by atoms with Gasteiger partial charge in [-0.2, -0.15) is 8.75 Å². The van der Waals surface area contributed by atoms with Crippen molar-refractivity contribution in [2.75, 3.05) is 38.2 Å². The molecule has 11 heteroatoms. The molecule has 0 atom stereocenters. The molecule has 0 saturated heterocycles. The van der Waals surface area contributed by atoms with Crippen LogP contribution < -0.4 is 28.7 Å². The number of thiophene rings is 2. The molecule has 0 bridgehead atoms. The van der Waals surface area contributed by atoms with Gasteiger partial charge in [-0.1, -0.05) is 36.4 Å². The second-order valence-electron chi connectivity index (χ2n) is 15.0. The van der Waals surface area contributed by atoms with Crippen molar-refractivity contribution >= 4 is 79.6 Å². The molecule has 10 aromatic rings. The maximum absolute atomic E-state index is 5.44.